The van der Waals surface area contributed by atoms with Gasteiger partial charge in [-0.3, -0.25) is 0 Å². The molecule has 0 spiro atoms. The van der Waals surface area contributed by atoms with Gasteiger partial charge in [0, 0.05) is 12.5 Å². The predicted octanol–water partition coefficient (Wildman–Crippen LogP) is 4.51. The normalized spacial score (nSPS) is 19.8. The molecule has 19 heavy (non-hydrogen) atoms. The van der Waals surface area contributed by atoms with Crippen LogP contribution in [0.5, 0.6) is 0 Å². The van der Waals surface area contributed by atoms with Crippen molar-refractivity contribution in [3.8, 4) is 0 Å². The van der Waals surface area contributed by atoms with Crippen molar-refractivity contribution in [3.05, 3.63) is 52.1 Å². The molecule has 1 atom stereocenters. The number of hydrogen-bond acceptors (Lipinski definition) is 1. The second-order valence-electron chi connectivity index (χ2n) is 5.96. The monoisotopic (exact) mass is 255 g/mol. The van der Waals surface area contributed by atoms with E-state index < -0.39 is 0 Å². The first-order chi connectivity index (χ1) is 8.93. The van der Waals surface area contributed by atoms with Gasteiger partial charge in [-0.1, -0.05) is 36.8 Å². The van der Waals surface area contributed by atoms with Crippen LogP contribution in [-0.2, 0) is 6.54 Å². The summed E-state index contributed by atoms with van der Waals surface area (Å²) in [6.07, 6.45) is 0. The lowest BCUT2D eigenvalue weighted by molar-refractivity contribution is 0.402. The van der Waals surface area contributed by atoms with E-state index >= 15 is 0 Å². The van der Waals surface area contributed by atoms with Crippen molar-refractivity contribution < 1.29 is 0 Å². The molecular formula is C18H25N. The zero-order valence-electron chi connectivity index (χ0n) is 13.0. The summed E-state index contributed by atoms with van der Waals surface area (Å²) in [6.45, 7) is 10.1. The Morgan fingerprint density at radius 3 is 2.16 bits per heavy atom. The van der Waals surface area contributed by atoms with Gasteiger partial charge in [0.1, 0.15) is 0 Å². The van der Waals surface area contributed by atoms with Crippen molar-refractivity contribution in [1.29, 1.82) is 0 Å². The number of allylic oxidation sites excluding steroid dienone is 4. The molecule has 1 nitrogen and oxygen atoms in total. The third kappa shape index (κ3) is 2.52. The molecule has 0 aliphatic heterocycles. The van der Waals surface area contributed by atoms with E-state index in [4.69, 9.17) is 0 Å². The Labute approximate surface area is 117 Å². The van der Waals surface area contributed by atoms with E-state index in [9.17, 15) is 0 Å². The first kappa shape index (κ1) is 14.1. The highest BCUT2D eigenvalue weighted by atomic mass is 15.0. The fraction of sp³-hybridized carbons (Fsp3) is 0.444. The van der Waals surface area contributed by atoms with Crippen LogP contribution in [0, 0.1) is 5.92 Å². The van der Waals surface area contributed by atoms with E-state index in [1.54, 1.807) is 0 Å². The number of benzene rings is 1. The Hall–Kier alpha value is -1.34. The number of rotatable bonds is 3. The van der Waals surface area contributed by atoms with E-state index in [1.165, 1.54) is 33.4 Å². The molecule has 0 saturated heterocycles. The first-order valence-corrected chi connectivity index (χ1v) is 7.05. The van der Waals surface area contributed by atoms with Crippen molar-refractivity contribution >= 4 is 5.57 Å². The maximum absolute atomic E-state index is 2.33. The molecule has 0 saturated carbocycles. The van der Waals surface area contributed by atoms with Crippen LogP contribution < -0.4 is 0 Å². The van der Waals surface area contributed by atoms with Gasteiger partial charge in [-0.25, -0.2) is 0 Å². The van der Waals surface area contributed by atoms with Crippen LogP contribution in [-0.4, -0.2) is 19.0 Å². The molecule has 0 aromatic heterocycles. The largest absolute Gasteiger partial charge is 0.305 e. The van der Waals surface area contributed by atoms with E-state index in [2.05, 4.69) is 71.0 Å². The molecule has 102 valence electrons. The summed E-state index contributed by atoms with van der Waals surface area (Å²) < 4.78 is 0. The van der Waals surface area contributed by atoms with Gasteiger partial charge >= 0.3 is 0 Å². The zero-order chi connectivity index (χ0) is 14.2. The van der Waals surface area contributed by atoms with E-state index in [0.29, 0.717) is 5.92 Å². The molecule has 1 aromatic carbocycles. The van der Waals surface area contributed by atoms with Crippen LogP contribution in [0.3, 0.4) is 0 Å². The topological polar surface area (TPSA) is 3.24 Å². The highest BCUT2D eigenvalue weighted by molar-refractivity contribution is 5.81. The standard InChI is InChI=1S/C18H25N/c1-12-13(2)15(4)18(14(12)3)17-10-8-7-9-16(17)11-19(5)6/h7-10,14H,11H2,1-6H3. The molecule has 2 rings (SSSR count). The molecule has 0 fully saturated rings. The summed E-state index contributed by atoms with van der Waals surface area (Å²) in [7, 11) is 4.26. The van der Waals surface area contributed by atoms with Gasteiger partial charge in [0.25, 0.3) is 0 Å². The third-order valence-corrected chi connectivity index (χ3v) is 4.43. The summed E-state index contributed by atoms with van der Waals surface area (Å²) >= 11 is 0. The molecule has 1 heteroatoms. The molecule has 1 unspecified atom stereocenters. The first-order valence-electron chi connectivity index (χ1n) is 7.05. The van der Waals surface area contributed by atoms with Crippen molar-refractivity contribution in [2.24, 2.45) is 5.92 Å². The SMILES string of the molecule is CC1=C(C)C(C)C(c2ccccc2CN(C)C)=C1C. The van der Waals surface area contributed by atoms with Gasteiger partial charge in [-0.05, 0) is 62.7 Å². The maximum Gasteiger partial charge on any atom is 0.0233 e. The zero-order valence-corrected chi connectivity index (χ0v) is 13.0. The minimum absolute atomic E-state index is 0.545. The van der Waals surface area contributed by atoms with Crippen molar-refractivity contribution in [1.82, 2.24) is 4.90 Å². The van der Waals surface area contributed by atoms with Gasteiger partial charge < -0.3 is 4.90 Å². The van der Waals surface area contributed by atoms with Crippen LogP contribution in [0.1, 0.15) is 38.8 Å². The molecular weight excluding hydrogens is 230 g/mol. The van der Waals surface area contributed by atoms with E-state index in [-0.39, 0.29) is 0 Å². The minimum atomic E-state index is 0.545. The summed E-state index contributed by atoms with van der Waals surface area (Å²) in [5, 5.41) is 0. The highest BCUT2D eigenvalue weighted by Gasteiger charge is 2.25. The fourth-order valence-corrected chi connectivity index (χ4v) is 3.06. The lowest BCUT2D eigenvalue weighted by Gasteiger charge is -2.19. The quantitative estimate of drug-likeness (QED) is 0.768. The second kappa shape index (κ2) is 5.34. The van der Waals surface area contributed by atoms with E-state index in [0.717, 1.165) is 6.54 Å². The molecule has 0 heterocycles. The molecule has 1 aliphatic carbocycles. The van der Waals surface area contributed by atoms with Crippen molar-refractivity contribution in [3.63, 3.8) is 0 Å². The Morgan fingerprint density at radius 1 is 1.00 bits per heavy atom. The average Bonchev–Trinajstić information content (AvgIpc) is 2.55. The number of nitrogens with zero attached hydrogens (tertiary/aromatic N) is 1. The number of hydrogen-bond donors (Lipinski definition) is 0. The Kier molecular flexibility index (Phi) is 3.96. The third-order valence-electron chi connectivity index (χ3n) is 4.43. The Bertz CT molecular complexity index is 547. The summed E-state index contributed by atoms with van der Waals surface area (Å²) in [6, 6.07) is 8.83. The predicted molar refractivity (Wildman–Crippen MR) is 84.0 cm³/mol. The average molecular weight is 255 g/mol. The summed E-state index contributed by atoms with van der Waals surface area (Å²) in [5.41, 5.74) is 8.84. The molecule has 1 aromatic rings. The molecule has 0 N–H and O–H groups in total. The molecule has 0 amide bonds. The van der Waals surface area contributed by atoms with Gasteiger partial charge in [0.15, 0.2) is 0 Å². The van der Waals surface area contributed by atoms with Gasteiger partial charge in [0.2, 0.25) is 0 Å². The summed E-state index contributed by atoms with van der Waals surface area (Å²) in [4.78, 5) is 2.24. The lowest BCUT2D eigenvalue weighted by Crippen LogP contribution is -2.13. The van der Waals surface area contributed by atoms with Crippen LogP contribution in [0.15, 0.2) is 41.0 Å². The van der Waals surface area contributed by atoms with Gasteiger partial charge in [0.05, 0.1) is 0 Å². The summed E-state index contributed by atoms with van der Waals surface area (Å²) in [5.74, 6) is 0.545. The van der Waals surface area contributed by atoms with Gasteiger partial charge in [-0.2, -0.15) is 0 Å². The molecule has 0 bridgehead atoms. The maximum atomic E-state index is 2.33. The molecule has 0 radical (unpaired) electrons. The van der Waals surface area contributed by atoms with E-state index in [1.807, 2.05) is 0 Å². The van der Waals surface area contributed by atoms with Crippen LogP contribution >= 0.6 is 0 Å². The minimum Gasteiger partial charge on any atom is -0.305 e. The molecule has 1 aliphatic rings. The van der Waals surface area contributed by atoms with Crippen LogP contribution in [0.4, 0.5) is 0 Å². The van der Waals surface area contributed by atoms with Crippen LogP contribution in [0.25, 0.3) is 5.57 Å². The Balaban J connectivity index is 2.50. The second-order valence-corrected chi connectivity index (χ2v) is 5.96. The van der Waals surface area contributed by atoms with Crippen LogP contribution in [0.2, 0.25) is 0 Å². The van der Waals surface area contributed by atoms with Crippen molar-refractivity contribution in [2.45, 2.75) is 34.2 Å². The fourth-order valence-electron chi connectivity index (χ4n) is 3.06. The highest BCUT2D eigenvalue weighted by Crippen LogP contribution is 2.43. The Morgan fingerprint density at radius 2 is 1.63 bits per heavy atom. The van der Waals surface area contributed by atoms with Gasteiger partial charge in [-0.15, -0.1) is 0 Å². The van der Waals surface area contributed by atoms with Crippen molar-refractivity contribution in [2.75, 3.05) is 14.1 Å². The lowest BCUT2D eigenvalue weighted by atomic mass is 9.89. The smallest absolute Gasteiger partial charge is 0.0233 e.